The molecule has 0 aliphatic carbocycles. The number of hydrogen-bond donors (Lipinski definition) is 0. The van der Waals surface area contributed by atoms with E-state index in [9.17, 15) is 0 Å². The van der Waals surface area contributed by atoms with E-state index in [-0.39, 0.29) is 0 Å². The number of hydrogen-bond acceptors (Lipinski definition) is 4. The molecule has 1 fully saturated rings. The summed E-state index contributed by atoms with van der Waals surface area (Å²) in [5, 5.41) is 0.487. The van der Waals surface area contributed by atoms with E-state index in [1.807, 2.05) is 30.1 Å². The van der Waals surface area contributed by atoms with Crippen molar-refractivity contribution in [3.05, 3.63) is 24.2 Å². The second-order valence-electron chi connectivity index (χ2n) is 4.81. The highest BCUT2D eigenvalue weighted by atomic mass is 32.2. The lowest BCUT2D eigenvalue weighted by Gasteiger charge is -2.24. The summed E-state index contributed by atoms with van der Waals surface area (Å²) in [4.78, 5) is 9.26. The molecule has 1 unspecified atom stereocenters. The summed E-state index contributed by atoms with van der Waals surface area (Å²) < 4.78 is 7.54. The average molecular weight is 277 g/mol. The Bertz CT molecular complexity index is 549. The van der Waals surface area contributed by atoms with Gasteiger partial charge < -0.3 is 4.74 Å². The fourth-order valence-corrected chi connectivity index (χ4v) is 3.92. The number of ether oxygens (including phenoxy) is 1. The number of nitrogens with zero attached hydrogens (tertiary/aromatic N) is 3. The van der Waals surface area contributed by atoms with E-state index >= 15 is 0 Å². The van der Waals surface area contributed by atoms with Gasteiger partial charge in [0.05, 0.1) is 12.0 Å². The van der Waals surface area contributed by atoms with Gasteiger partial charge in [-0.15, -0.1) is 11.8 Å². The third kappa shape index (κ3) is 2.62. The molecule has 1 aliphatic rings. The van der Waals surface area contributed by atoms with E-state index in [1.165, 1.54) is 25.0 Å². The Hall–Kier alpha value is -1.07. The summed E-state index contributed by atoms with van der Waals surface area (Å²) in [6, 6.07) is 4.00. The molecule has 3 rings (SSSR count). The van der Waals surface area contributed by atoms with Crippen molar-refractivity contribution in [1.29, 1.82) is 0 Å². The number of fused-ring (bicyclic) bond motifs is 1. The number of methoxy groups -OCH3 is 1. The molecule has 4 nitrogen and oxygen atoms in total. The van der Waals surface area contributed by atoms with Crippen molar-refractivity contribution in [2.45, 2.75) is 31.1 Å². The van der Waals surface area contributed by atoms with Gasteiger partial charge in [-0.3, -0.25) is 4.57 Å². The third-order valence-corrected chi connectivity index (χ3v) is 4.85. The Morgan fingerprint density at radius 3 is 3.21 bits per heavy atom. The number of rotatable bonds is 4. The van der Waals surface area contributed by atoms with Crippen molar-refractivity contribution in [2.75, 3.05) is 19.5 Å². The van der Waals surface area contributed by atoms with Crippen LogP contribution in [0.4, 0.5) is 0 Å². The lowest BCUT2D eigenvalue weighted by molar-refractivity contribution is 0.199. The molecular weight excluding hydrogens is 258 g/mol. The largest absolute Gasteiger partial charge is 0.384 e. The maximum Gasteiger partial charge on any atom is 0.160 e. The van der Waals surface area contributed by atoms with Gasteiger partial charge in [-0.05, 0) is 37.1 Å². The van der Waals surface area contributed by atoms with Crippen LogP contribution in [0.1, 0.15) is 30.5 Å². The molecule has 0 saturated carbocycles. The Balaban J connectivity index is 2.01. The molecule has 102 valence electrons. The molecule has 19 heavy (non-hydrogen) atoms. The number of thioether (sulfide) groups is 1. The van der Waals surface area contributed by atoms with E-state index < -0.39 is 0 Å². The first-order valence-electron chi connectivity index (χ1n) is 6.82. The molecule has 2 aromatic heterocycles. The van der Waals surface area contributed by atoms with Crippen LogP contribution >= 0.6 is 11.8 Å². The van der Waals surface area contributed by atoms with E-state index in [1.54, 1.807) is 7.11 Å². The summed E-state index contributed by atoms with van der Waals surface area (Å²) in [6.07, 6.45) is 6.55. The highest BCUT2D eigenvalue weighted by Gasteiger charge is 2.22. The van der Waals surface area contributed by atoms with Crippen LogP contribution in [0, 0.1) is 0 Å². The molecule has 1 atom stereocenters. The fraction of sp³-hybridized carbons (Fsp3) is 0.571. The molecule has 0 radical (unpaired) electrons. The molecule has 0 amide bonds. The zero-order valence-electron chi connectivity index (χ0n) is 11.2. The van der Waals surface area contributed by atoms with E-state index in [0.29, 0.717) is 12.0 Å². The summed E-state index contributed by atoms with van der Waals surface area (Å²) in [5.41, 5.74) is 2.02. The highest BCUT2D eigenvalue weighted by Crippen LogP contribution is 2.36. The van der Waals surface area contributed by atoms with E-state index in [2.05, 4.69) is 9.55 Å². The van der Waals surface area contributed by atoms with Crippen molar-refractivity contribution in [1.82, 2.24) is 14.5 Å². The predicted octanol–water partition coefficient (Wildman–Crippen LogP) is 3.04. The van der Waals surface area contributed by atoms with Gasteiger partial charge in [-0.2, -0.15) is 0 Å². The topological polar surface area (TPSA) is 39.9 Å². The van der Waals surface area contributed by atoms with Gasteiger partial charge in [0.25, 0.3) is 0 Å². The molecule has 2 aromatic rings. The first-order valence-corrected chi connectivity index (χ1v) is 7.87. The lowest BCUT2D eigenvalue weighted by Crippen LogP contribution is -2.15. The minimum Gasteiger partial charge on any atom is -0.384 e. The van der Waals surface area contributed by atoms with Crippen molar-refractivity contribution < 1.29 is 4.74 Å². The summed E-state index contributed by atoms with van der Waals surface area (Å²) >= 11 is 2.03. The predicted molar refractivity (Wildman–Crippen MR) is 78.5 cm³/mol. The Kier molecular flexibility index (Phi) is 4.03. The SMILES string of the molecule is COCCc1nc2cccnc2n1C1CCCCS1. The van der Waals surface area contributed by atoms with Crippen LogP contribution in [-0.2, 0) is 11.2 Å². The quantitative estimate of drug-likeness (QED) is 0.861. The van der Waals surface area contributed by atoms with Crippen LogP contribution in [0.5, 0.6) is 0 Å². The molecule has 1 saturated heterocycles. The van der Waals surface area contributed by atoms with Gasteiger partial charge >= 0.3 is 0 Å². The first kappa shape index (κ1) is 12.9. The van der Waals surface area contributed by atoms with Gasteiger partial charge in [0.1, 0.15) is 11.3 Å². The number of aromatic nitrogens is 3. The highest BCUT2D eigenvalue weighted by molar-refractivity contribution is 7.99. The first-order chi connectivity index (χ1) is 9.40. The molecule has 5 heteroatoms. The normalized spacial score (nSPS) is 19.9. The van der Waals surface area contributed by atoms with Gasteiger partial charge in [-0.1, -0.05) is 0 Å². The van der Waals surface area contributed by atoms with Crippen LogP contribution in [0.25, 0.3) is 11.2 Å². The monoisotopic (exact) mass is 277 g/mol. The minimum absolute atomic E-state index is 0.487. The van der Waals surface area contributed by atoms with Crippen molar-refractivity contribution in [2.24, 2.45) is 0 Å². The van der Waals surface area contributed by atoms with Crippen molar-refractivity contribution >= 4 is 22.9 Å². The van der Waals surface area contributed by atoms with Gasteiger partial charge in [0.15, 0.2) is 5.65 Å². The van der Waals surface area contributed by atoms with Crippen molar-refractivity contribution in [3.63, 3.8) is 0 Å². The number of pyridine rings is 1. The van der Waals surface area contributed by atoms with Gasteiger partial charge in [-0.25, -0.2) is 9.97 Å². The zero-order valence-corrected chi connectivity index (χ0v) is 12.0. The van der Waals surface area contributed by atoms with Crippen LogP contribution in [-0.4, -0.2) is 34.0 Å². The maximum atomic E-state index is 5.20. The molecule has 0 aromatic carbocycles. The summed E-state index contributed by atoms with van der Waals surface area (Å²) in [6.45, 7) is 0.709. The summed E-state index contributed by atoms with van der Waals surface area (Å²) in [7, 11) is 1.74. The lowest BCUT2D eigenvalue weighted by atomic mass is 10.2. The van der Waals surface area contributed by atoms with Crippen LogP contribution < -0.4 is 0 Å². The molecule has 3 heterocycles. The molecular formula is C14H19N3OS. The van der Waals surface area contributed by atoms with Crippen LogP contribution in [0.3, 0.4) is 0 Å². The number of imidazole rings is 1. The standard InChI is InChI=1S/C14H19N3OS/c1-18-9-7-12-16-11-5-4-8-15-14(11)17(12)13-6-2-3-10-19-13/h4-5,8,13H,2-3,6-7,9-10H2,1H3. The Labute approximate surface area is 117 Å². The van der Waals surface area contributed by atoms with Gasteiger partial charge in [0.2, 0.25) is 0 Å². The van der Waals surface area contributed by atoms with Gasteiger partial charge in [0, 0.05) is 19.7 Å². The average Bonchev–Trinajstić information content (AvgIpc) is 2.84. The molecule has 0 N–H and O–H groups in total. The van der Waals surface area contributed by atoms with E-state index in [4.69, 9.17) is 9.72 Å². The van der Waals surface area contributed by atoms with Crippen LogP contribution in [0.15, 0.2) is 18.3 Å². The third-order valence-electron chi connectivity index (χ3n) is 3.50. The second-order valence-corrected chi connectivity index (χ2v) is 6.09. The van der Waals surface area contributed by atoms with Crippen molar-refractivity contribution in [3.8, 4) is 0 Å². The fourth-order valence-electron chi connectivity index (χ4n) is 2.58. The van der Waals surface area contributed by atoms with E-state index in [0.717, 1.165) is 23.4 Å². The Morgan fingerprint density at radius 2 is 2.42 bits per heavy atom. The second kappa shape index (κ2) is 5.92. The maximum absolute atomic E-state index is 5.20. The summed E-state index contributed by atoms with van der Waals surface area (Å²) in [5.74, 6) is 2.34. The Morgan fingerprint density at radius 1 is 1.47 bits per heavy atom. The molecule has 0 bridgehead atoms. The van der Waals surface area contributed by atoms with Crippen LogP contribution in [0.2, 0.25) is 0 Å². The molecule has 0 spiro atoms. The molecule has 1 aliphatic heterocycles. The minimum atomic E-state index is 0.487. The zero-order chi connectivity index (χ0) is 13.1. The smallest absolute Gasteiger partial charge is 0.160 e.